The van der Waals surface area contributed by atoms with Crippen LogP contribution >= 0.6 is 11.6 Å². The van der Waals surface area contributed by atoms with E-state index in [-0.39, 0.29) is 18.7 Å². The number of fused-ring (bicyclic) bond motifs is 1. The van der Waals surface area contributed by atoms with Gasteiger partial charge in [0.15, 0.2) is 0 Å². The van der Waals surface area contributed by atoms with Crippen molar-refractivity contribution in [3.05, 3.63) is 58.4 Å². The summed E-state index contributed by atoms with van der Waals surface area (Å²) in [5.74, 6) is -2.27. The number of carboxylic acid groups (broad SMARTS) is 1. The van der Waals surface area contributed by atoms with E-state index in [9.17, 15) is 19.5 Å². The van der Waals surface area contributed by atoms with Crippen molar-refractivity contribution in [3.8, 4) is 0 Å². The predicted molar refractivity (Wildman–Crippen MR) is 103 cm³/mol. The van der Waals surface area contributed by atoms with Crippen LogP contribution in [0.1, 0.15) is 40.9 Å². The maximum atomic E-state index is 13.3. The molecule has 1 N–H and O–H groups in total. The average molecular weight is 403 g/mol. The van der Waals surface area contributed by atoms with Crippen LogP contribution in [-0.4, -0.2) is 40.6 Å². The van der Waals surface area contributed by atoms with Crippen LogP contribution in [0, 0.1) is 6.92 Å². The van der Waals surface area contributed by atoms with Gasteiger partial charge in [0.2, 0.25) is 5.78 Å². The predicted octanol–water partition coefficient (Wildman–Crippen LogP) is 3.83. The van der Waals surface area contributed by atoms with E-state index < -0.39 is 29.8 Å². The lowest BCUT2D eigenvalue weighted by Crippen LogP contribution is -2.45. The molecule has 28 heavy (non-hydrogen) atoms. The molecule has 0 fully saturated rings. The van der Waals surface area contributed by atoms with E-state index >= 15 is 0 Å². The monoisotopic (exact) mass is 402 g/mol. The normalized spacial score (nSPS) is 17.9. The van der Waals surface area contributed by atoms with Gasteiger partial charge in [-0.2, -0.15) is 0 Å². The number of aryl methyl sites for hydroxylation is 1. The Kier molecular flexibility index (Phi) is 5.65. The molecule has 1 amide bonds. The van der Waals surface area contributed by atoms with Crippen molar-refractivity contribution in [3.63, 3.8) is 0 Å². The zero-order valence-corrected chi connectivity index (χ0v) is 16.1. The number of carbonyl (C=O) groups excluding carboxylic acids is 2. The van der Waals surface area contributed by atoms with Gasteiger partial charge in [-0.15, -0.1) is 0 Å². The number of benzene rings is 1. The second kappa shape index (κ2) is 7.98. The Balaban J connectivity index is 2.15. The number of halogens is 1. The number of pyridine rings is 1. The van der Waals surface area contributed by atoms with E-state index in [1.807, 2.05) is 6.92 Å². The van der Waals surface area contributed by atoms with Crippen molar-refractivity contribution in [1.82, 2.24) is 4.98 Å². The highest BCUT2D eigenvalue weighted by Crippen LogP contribution is 2.45. The molecule has 2 heterocycles. The number of aromatic nitrogens is 1. The van der Waals surface area contributed by atoms with Crippen LogP contribution in [0.15, 0.2) is 36.5 Å². The summed E-state index contributed by atoms with van der Waals surface area (Å²) in [6.07, 6.45) is 0.444. The first kappa shape index (κ1) is 19.8. The maximum Gasteiger partial charge on any atom is 0.414 e. The summed E-state index contributed by atoms with van der Waals surface area (Å²) in [6, 6.07) is 7.07. The van der Waals surface area contributed by atoms with Crippen molar-refractivity contribution in [2.75, 3.05) is 11.5 Å². The van der Waals surface area contributed by atoms with Crippen molar-refractivity contribution >= 4 is 35.1 Å². The molecule has 1 aromatic carbocycles. The first-order valence-corrected chi connectivity index (χ1v) is 9.15. The number of rotatable bonds is 5. The number of amides is 1. The maximum absolute atomic E-state index is 13.3. The number of ether oxygens (including phenoxy) is 1. The number of hydrogen-bond donors (Lipinski definition) is 1. The Morgan fingerprint density at radius 1 is 1.25 bits per heavy atom. The molecule has 146 valence electrons. The molecule has 0 bridgehead atoms. The quantitative estimate of drug-likeness (QED) is 0.763. The smallest absolute Gasteiger partial charge is 0.414 e. The summed E-state index contributed by atoms with van der Waals surface area (Å²) in [7, 11) is 0. The van der Waals surface area contributed by atoms with Crippen LogP contribution in [-0.2, 0) is 9.53 Å². The van der Waals surface area contributed by atoms with Crippen LogP contribution < -0.4 is 4.90 Å². The van der Waals surface area contributed by atoms with E-state index in [2.05, 4.69) is 4.98 Å². The highest BCUT2D eigenvalue weighted by atomic mass is 35.5. The molecule has 8 heteroatoms. The third-order valence-electron chi connectivity index (χ3n) is 4.61. The lowest BCUT2D eigenvalue weighted by atomic mass is 9.88. The molecule has 3 rings (SSSR count). The van der Waals surface area contributed by atoms with Gasteiger partial charge in [0, 0.05) is 17.1 Å². The second-order valence-corrected chi connectivity index (χ2v) is 6.94. The fourth-order valence-corrected chi connectivity index (χ4v) is 3.64. The highest BCUT2D eigenvalue weighted by molar-refractivity contribution is 6.31. The molecule has 1 aromatic heterocycles. The van der Waals surface area contributed by atoms with Gasteiger partial charge in [-0.3, -0.25) is 19.5 Å². The van der Waals surface area contributed by atoms with Gasteiger partial charge in [0.05, 0.1) is 18.7 Å². The molecule has 0 saturated heterocycles. The first-order valence-electron chi connectivity index (χ1n) is 8.77. The van der Waals surface area contributed by atoms with E-state index in [4.69, 9.17) is 16.3 Å². The number of hydrogen-bond acceptors (Lipinski definition) is 5. The Morgan fingerprint density at radius 2 is 2.00 bits per heavy atom. The van der Waals surface area contributed by atoms with E-state index in [1.54, 1.807) is 37.3 Å². The molecule has 2 aromatic rings. The van der Waals surface area contributed by atoms with Gasteiger partial charge in [-0.25, -0.2) is 4.79 Å². The van der Waals surface area contributed by atoms with Gasteiger partial charge < -0.3 is 9.84 Å². The Bertz CT molecular complexity index is 946. The molecular formula is C20H19ClN2O5. The van der Waals surface area contributed by atoms with E-state index in [0.717, 1.165) is 5.56 Å². The van der Waals surface area contributed by atoms with Crippen LogP contribution in [0.25, 0.3) is 0 Å². The first-order chi connectivity index (χ1) is 13.3. The molecular weight excluding hydrogens is 384 g/mol. The topological polar surface area (TPSA) is 96.8 Å². The number of nitrogens with zero attached hydrogens (tertiary/aromatic N) is 2. The van der Waals surface area contributed by atoms with Crippen LogP contribution in [0.4, 0.5) is 10.5 Å². The van der Waals surface area contributed by atoms with Gasteiger partial charge in [-0.05, 0) is 49.2 Å². The molecule has 0 saturated carbocycles. The molecule has 1 aliphatic heterocycles. The van der Waals surface area contributed by atoms with Gasteiger partial charge in [-0.1, -0.05) is 17.7 Å². The van der Waals surface area contributed by atoms with Crippen molar-refractivity contribution in [2.24, 2.45) is 0 Å². The zero-order valence-electron chi connectivity index (χ0n) is 15.4. The number of Topliss-reactive ketones (excluding diaryl/α,β-unsaturated/α-hetero) is 1. The van der Waals surface area contributed by atoms with Crippen LogP contribution in [0.3, 0.4) is 0 Å². The summed E-state index contributed by atoms with van der Waals surface area (Å²) in [4.78, 5) is 42.9. The molecule has 0 spiro atoms. The third kappa shape index (κ3) is 3.71. The highest BCUT2D eigenvalue weighted by Gasteiger charge is 2.47. The molecule has 2 atom stereocenters. The van der Waals surface area contributed by atoms with Crippen molar-refractivity contribution in [1.29, 1.82) is 0 Å². The number of carbonyl (C=O) groups is 3. The third-order valence-corrected chi connectivity index (χ3v) is 4.84. The minimum absolute atomic E-state index is 0.110. The standard InChI is InChI=1S/C20H19ClN2O5/c1-3-28-20(27)23-16-9-12(21)4-5-13(16)14(10-17(24)25)18(23)19(26)15-8-11(2)6-7-22-15/h4-9,14,18H,3,10H2,1-2H3,(H,24,25). The Labute approximate surface area is 166 Å². The van der Waals surface area contributed by atoms with Crippen molar-refractivity contribution < 1.29 is 24.2 Å². The number of aliphatic carboxylic acids is 1. The molecule has 0 radical (unpaired) electrons. The summed E-state index contributed by atoms with van der Waals surface area (Å²) in [5, 5.41) is 9.77. The Morgan fingerprint density at radius 3 is 2.64 bits per heavy atom. The number of ketones is 1. The fourth-order valence-electron chi connectivity index (χ4n) is 3.48. The largest absolute Gasteiger partial charge is 0.481 e. The summed E-state index contributed by atoms with van der Waals surface area (Å²) in [6.45, 7) is 3.58. The van der Waals surface area contributed by atoms with E-state index in [1.165, 1.54) is 11.1 Å². The summed E-state index contributed by atoms with van der Waals surface area (Å²) >= 11 is 6.10. The molecule has 7 nitrogen and oxygen atoms in total. The van der Waals surface area contributed by atoms with E-state index in [0.29, 0.717) is 16.3 Å². The molecule has 2 unspecified atom stereocenters. The molecule has 0 aliphatic carbocycles. The van der Waals surface area contributed by atoms with Gasteiger partial charge in [0.1, 0.15) is 11.7 Å². The minimum atomic E-state index is -1.09. The zero-order chi connectivity index (χ0) is 20.4. The van der Waals surface area contributed by atoms with Crippen molar-refractivity contribution in [2.45, 2.75) is 32.2 Å². The average Bonchev–Trinajstić information content (AvgIpc) is 2.94. The number of carboxylic acids is 1. The summed E-state index contributed by atoms with van der Waals surface area (Å²) < 4.78 is 5.14. The molecule has 1 aliphatic rings. The second-order valence-electron chi connectivity index (χ2n) is 6.50. The SMILES string of the molecule is CCOC(=O)N1c2cc(Cl)ccc2C(CC(=O)O)C1C(=O)c1cc(C)ccn1. The fraction of sp³-hybridized carbons (Fsp3) is 0.300. The number of anilines is 1. The lowest BCUT2D eigenvalue weighted by molar-refractivity contribution is -0.137. The lowest BCUT2D eigenvalue weighted by Gasteiger charge is -2.26. The van der Waals surface area contributed by atoms with Crippen LogP contribution in [0.5, 0.6) is 0 Å². The Hall–Kier alpha value is -2.93. The van der Waals surface area contributed by atoms with Gasteiger partial charge in [0.25, 0.3) is 0 Å². The summed E-state index contributed by atoms with van der Waals surface area (Å²) in [5.41, 5.74) is 1.93. The van der Waals surface area contributed by atoms with Gasteiger partial charge >= 0.3 is 12.1 Å². The van der Waals surface area contributed by atoms with Crippen LogP contribution in [0.2, 0.25) is 5.02 Å². The minimum Gasteiger partial charge on any atom is -0.481 e.